The first-order valence-corrected chi connectivity index (χ1v) is 12.2. The summed E-state index contributed by atoms with van der Waals surface area (Å²) in [6.45, 7) is 12.0. The molecule has 0 spiro atoms. The maximum atomic E-state index is 9.76. The van der Waals surface area contributed by atoms with Gasteiger partial charge in [-0.2, -0.15) is 0 Å². The molecule has 2 N–H and O–H groups in total. The van der Waals surface area contributed by atoms with Crippen molar-refractivity contribution in [2.75, 3.05) is 0 Å². The average molecular weight is 411 g/mol. The quantitative estimate of drug-likeness (QED) is 0.528. The Morgan fingerprint density at radius 1 is 0.533 bits per heavy atom. The lowest BCUT2D eigenvalue weighted by atomic mass is 9.42. The van der Waals surface area contributed by atoms with Crippen molar-refractivity contribution in [1.82, 2.24) is 0 Å². The summed E-state index contributed by atoms with van der Waals surface area (Å²) in [7, 11) is 0. The molecule has 0 amide bonds. The van der Waals surface area contributed by atoms with E-state index in [1.54, 1.807) is 0 Å². The zero-order valence-corrected chi connectivity index (χ0v) is 19.9. The fourth-order valence-electron chi connectivity index (χ4n) is 6.51. The van der Waals surface area contributed by atoms with Crippen LogP contribution in [0.25, 0.3) is 0 Å². The summed E-state index contributed by atoms with van der Waals surface area (Å²) in [5.74, 6) is 3.86. The molecule has 0 atom stereocenters. The standard InChI is InChI=1S/C22H24O2.3C2H6/c23-20-5-1-16(2-6-20)22(17-3-7-21(24)8-4-17)18-10-14-9-15(12-18)13-19(22)11-14;3*1-2/h1-8,14-15,18-19,23-24H,9-13H2;3*1-2H3. The second kappa shape index (κ2) is 10.9. The van der Waals surface area contributed by atoms with Gasteiger partial charge in [0.25, 0.3) is 0 Å². The van der Waals surface area contributed by atoms with Gasteiger partial charge in [0.05, 0.1) is 0 Å². The molecule has 0 heterocycles. The molecular weight excluding hydrogens is 368 g/mol. The molecule has 0 saturated heterocycles. The van der Waals surface area contributed by atoms with E-state index in [4.69, 9.17) is 0 Å². The number of phenolic OH excluding ortho intramolecular Hbond substituents is 2. The fraction of sp³-hybridized carbons (Fsp3) is 0.571. The number of hydrogen-bond donors (Lipinski definition) is 2. The van der Waals surface area contributed by atoms with E-state index in [9.17, 15) is 10.2 Å². The third-order valence-electron chi connectivity index (χ3n) is 7.12. The Hall–Kier alpha value is -1.96. The van der Waals surface area contributed by atoms with Gasteiger partial charge in [-0.05, 0) is 91.2 Å². The number of aromatic hydroxyl groups is 2. The van der Waals surface area contributed by atoms with E-state index < -0.39 is 0 Å². The van der Waals surface area contributed by atoms with Crippen LogP contribution in [-0.2, 0) is 5.41 Å². The molecule has 6 rings (SSSR count). The van der Waals surface area contributed by atoms with Crippen LogP contribution in [0.4, 0.5) is 0 Å². The van der Waals surface area contributed by atoms with Gasteiger partial charge in [-0.1, -0.05) is 65.8 Å². The number of benzene rings is 2. The van der Waals surface area contributed by atoms with E-state index in [2.05, 4.69) is 24.3 Å². The van der Waals surface area contributed by atoms with E-state index in [-0.39, 0.29) is 5.41 Å². The zero-order valence-electron chi connectivity index (χ0n) is 19.9. The fourth-order valence-corrected chi connectivity index (χ4v) is 6.51. The van der Waals surface area contributed by atoms with E-state index in [0.717, 1.165) is 11.8 Å². The highest BCUT2D eigenvalue weighted by atomic mass is 16.3. The molecule has 2 nitrogen and oxygen atoms in total. The second-order valence-electron chi connectivity index (χ2n) is 8.27. The monoisotopic (exact) mass is 410 g/mol. The van der Waals surface area contributed by atoms with Crippen molar-refractivity contribution in [3.63, 3.8) is 0 Å². The molecule has 4 fully saturated rings. The summed E-state index contributed by atoms with van der Waals surface area (Å²) in [5, 5.41) is 19.5. The number of rotatable bonds is 2. The average Bonchev–Trinajstić information content (AvgIpc) is 2.80. The van der Waals surface area contributed by atoms with Crippen LogP contribution in [-0.4, -0.2) is 10.2 Å². The zero-order chi connectivity index (χ0) is 22.3. The van der Waals surface area contributed by atoms with Gasteiger partial charge < -0.3 is 10.2 Å². The Balaban J connectivity index is 0.000000493. The van der Waals surface area contributed by atoms with Crippen LogP contribution in [0.2, 0.25) is 0 Å². The maximum Gasteiger partial charge on any atom is 0.115 e. The summed E-state index contributed by atoms with van der Waals surface area (Å²) >= 11 is 0. The molecule has 2 aromatic carbocycles. The SMILES string of the molecule is CC.CC.CC.Oc1ccc(C2(c3ccc(O)cc3)C3CC4CC(C3)CC2C4)cc1. The molecule has 4 bridgehead atoms. The second-order valence-corrected chi connectivity index (χ2v) is 8.27. The Bertz CT molecular complexity index is 670. The van der Waals surface area contributed by atoms with Crippen LogP contribution < -0.4 is 0 Å². The highest BCUT2D eigenvalue weighted by Gasteiger charge is 2.58. The molecule has 166 valence electrons. The van der Waals surface area contributed by atoms with Crippen LogP contribution in [0, 0.1) is 23.7 Å². The van der Waals surface area contributed by atoms with Crippen LogP contribution in [0.1, 0.15) is 84.8 Å². The van der Waals surface area contributed by atoms with Gasteiger partial charge in [-0.15, -0.1) is 0 Å². The van der Waals surface area contributed by atoms with Crippen LogP contribution in [0.5, 0.6) is 11.5 Å². The third kappa shape index (κ3) is 4.24. The molecule has 4 aliphatic carbocycles. The van der Waals surface area contributed by atoms with Gasteiger partial charge in [-0.3, -0.25) is 0 Å². The molecule has 30 heavy (non-hydrogen) atoms. The summed E-state index contributed by atoms with van der Waals surface area (Å²) in [6.07, 6.45) is 6.75. The van der Waals surface area contributed by atoms with Crippen molar-refractivity contribution >= 4 is 0 Å². The number of hydrogen-bond acceptors (Lipinski definition) is 2. The summed E-state index contributed by atoms with van der Waals surface area (Å²) < 4.78 is 0. The highest BCUT2D eigenvalue weighted by molar-refractivity contribution is 5.46. The third-order valence-corrected chi connectivity index (χ3v) is 7.12. The number of phenols is 2. The van der Waals surface area contributed by atoms with Crippen molar-refractivity contribution in [3.8, 4) is 11.5 Å². The lowest BCUT2D eigenvalue weighted by Crippen LogP contribution is -2.56. The first-order chi connectivity index (χ1) is 14.7. The van der Waals surface area contributed by atoms with Crippen molar-refractivity contribution in [3.05, 3.63) is 59.7 Å². The minimum atomic E-state index is 0.0504. The van der Waals surface area contributed by atoms with Gasteiger partial charge in [0.2, 0.25) is 0 Å². The van der Waals surface area contributed by atoms with E-state index in [0.29, 0.717) is 23.3 Å². The normalized spacial score (nSPS) is 26.9. The van der Waals surface area contributed by atoms with E-state index in [1.807, 2.05) is 65.8 Å². The molecule has 0 radical (unpaired) electrons. The van der Waals surface area contributed by atoms with Gasteiger partial charge in [0.15, 0.2) is 0 Å². The smallest absolute Gasteiger partial charge is 0.115 e. The molecule has 0 unspecified atom stereocenters. The summed E-state index contributed by atoms with van der Waals surface area (Å²) in [4.78, 5) is 0. The van der Waals surface area contributed by atoms with Crippen molar-refractivity contribution in [2.24, 2.45) is 23.7 Å². The van der Waals surface area contributed by atoms with Gasteiger partial charge in [0, 0.05) is 5.41 Å². The molecule has 0 aliphatic heterocycles. The molecule has 0 aromatic heterocycles. The summed E-state index contributed by atoms with van der Waals surface area (Å²) in [5.41, 5.74) is 2.74. The Morgan fingerprint density at radius 3 is 1.13 bits per heavy atom. The van der Waals surface area contributed by atoms with Crippen molar-refractivity contribution in [1.29, 1.82) is 0 Å². The lowest BCUT2D eigenvalue weighted by Gasteiger charge is -2.62. The van der Waals surface area contributed by atoms with Crippen molar-refractivity contribution < 1.29 is 10.2 Å². The minimum Gasteiger partial charge on any atom is -0.508 e. The Morgan fingerprint density at radius 2 is 0.833 bits per heavy atom. The van der Waals surface area contributed by atoms with Crippen molar-refractivity contribution in [2.45, 2.75) is 79.1 Å². The molecule has 2 heteroatoms. The predicted octanol–water partition coefficient (Wildman–Crippen LogP) is 7.92. The molecular formula is C28H42O2. The largest absolute Gasteiger partial charge is 0.508 e. The highest BCUT2D eigenvalue weighted by Crippen LogP contribution is 2.65. The Kier molecular flexibility index (Phi) is 8.82. The predicted molar refractivity (Wildman–Crippen MR) is 128 cm³/mol. The van der Waals surface area contributed by atoms with Gasteiger partial charge >= 0.3 is 0 Å². The first kappa shape index (κ1) is 24.3. The molecule has 2 aromatic rings. The maximum absolute atomic E-state index is 9.76. The topological polar surface area (TPSA) is 40.5 Å². The van der Waals surface area contributed by atoms with Gasteiger partial charge in [-0.25, -0.2) is 0 Å². The van der Waals surface area contributed by atoms with Crippen LogP contribution in [0.15, 0.2) is 48.5 Å². The Labute approximate surface area is 184 Å². The molecule has 4 aliphatic rings. The van der Waals surface area contributed by atoms with Crippen LogP contribution >= 0.6 is 0 Å². The minimum absolute atomic E-state index is 0.0504. The van der Waals surface area contributed by atoms with Gasteiger partial charge in [0.1, 0.15) is 11.5 Å². The van der Waals surface area contributed by atoms with E-state index in [1.165, 1.54) is 43.2 Å². The molecule has 4 saturated carbocycles. The lowest BCUT2D eigenvalue weighted by molar-refractivity contribution is -0.0418. The van der Waals surface area contributed by atoms with E-state index >= 15 is 0 Å². The summed E-state index contributed by atoms with van der Waals surface area (Å²) in [6, 6.07) is 15.9. The van der Waals surface area contributed by atoms with Crippen LogP contribution in [0.3, 0.4) is 0 Å². The first-order valence-electron chi connectivity index (χ1n) is 12.2.